The molecule has 1 aromatic carbocycles. The quantitative estimate of drug-likeness (QED) is 0.778. The van der Waals surface area contributed by atoms with Gasteiger partial charge in [-0.3, -0.25) is 4.31 Å². The van der Waals surface area contributed by atoms with E-state index < -0.39 is 22.0 Å². The molecule has 19 heavy (non-hydrogen) atoms. The average Bonchev–Trinajstić information content (AvgIpc) is 2.27. The van der Waals surface area contributed by atoms with Crippen molar-refractivity contribution in [3.63, 3.8) is 0 Å². The van der Waals surface area contributed by atoms with Crippen LogP contribution in [0.5, 0.6) is 5.75 Å². The maximum atomic E-state index is 11.8. The van der Waals surface area contributed by atoms with Gasteiger partial charge in [-0.25, -0.2) is 8.42 Å². The van der Waals surface area contributed by atoms with E-state index in [1.54, 1.807) is 0 Å². The number of ether oxygens (including phenoxy) is 1. The number of carboxylic acid groups (broad SMARTS) is 1. The highest BCUT2D eigenvalue weighted by Crippen LogP contribution is 2.33. The smallest absolute Gasteiger partial charge is 0.232 e. The summed E-state index contributed by atoms with van der Waals surface area (Å²) < 4.78 is 29.3. The van der Waals surface area contributed by atoms with Crippen LogP contribution in [0.4, 0.5) is 5.69 Å². The van der Waals surface area contributed by atoms with E-state index in [1.165, 1.54) is 32.2 Å². The Hall–Kier alpha value is -1.47. The van der Waals surface area contributed by atoms with Gasteiger partial charge in [-0.15, -0.1) is 0 Å². The van der Waals surface area contributed by atoms with Crippen LogP contribution >= 0.6 is 11.6 Å². The van der Waals surface area contributed by atoms with Crippen molar-refractivity contribution in [2.24, 2.45) is 0 Å². The Labute approximate surface area is 116 Å². The summed E-state index contributed by atoms with van der Waals surface area (Å²) in [5.74, 6) is -1.32. The molecule has 0 fully saturated rings. The molecule has 6 nitrogen and oxygen atoms in total. The Morgan fingerprint density at radius 3 is 2.47 bits per heavy atom. The van der Waals surface area contributed by atoms with E-state index in [4.69, 9.17) is 16.3 Å². The Morgan fingerprint density at radius 2 is 2.05 bits per heavy atom. The number of benzene rings is 1. The minimum atomic E-state index is -3.84. The minimum Gasteiger partial charge on any atom is -0.548 e. The van der Waals surface area contributed by atoms with Crippen LogP contribution in [0.3, 0.4) is 0 Å². The summed E-state index contributed by atoms with van der Waals surface area (Å²) >= 11 is 5.81. The lowest BCUT2D eigenvalue weighted by molar-refractivity contribution is -0.306. The minimum absolute atomic E-state index is 0.0502. The third-order valence-electron chi connectivity index (χ3n) is 2.43. The number of hydrogen-bond acceptors (Lipinski definition) is 5. The van der Waals surface area contributed by atoms with Crippen LogP contribution in [0.15, 0.2) is 18.2 Å². The van der Waals surface area contributed by atoms with Crippen LogP contribution < -0.4 is 14.1 Å². The van der Waals surface area contributed by atoms with Gasteiger partial charge < -0.3 is 14.6 Å². The topological polar surface area (TPSA) is 86.7 Å². The lowest BCUT2D eigenvalue weighted by Gasteiger charge is -2.30. The SMILES string of the molecule is COc1ccc(Cl)cc1N([C@@H](C)C(=O)[O-])S(C)(=O)=O. The van der Waals surface area contributed by atoms with E-state index in [-0.39, 0.29) is 16.5 Å². The number of carbonyl (C=O) groups is 1. The van der Waals surface area contributed by atoms with Crippen molar-refractivity contribution in [2.45, 2.75) is 13.0 Å². The van der Waals surface area contributed by atoms with E-state index in [0.29, 0.717) is 4.31 Å². The van der Waals surface area contributed by atoms with Gasteiger partial charge in [0.2, 0.25) is 10.0 Å². The summed E-state index contributed by atoms with van der Waals surface area (Å²) in [5, 5.41) is 11.2. The zero-order valence-corrected chi connectivity index (χ0v) is 12.2. The summed E-state index contributed by atoms with van der Waals surface area (Å²) in [5.41, 5.74) is 0.0502. The number of anilines is 1. The molecular weight excluding hydrogens is 294 g/mol. The van der Waals surface area contributed by atoms with Crippen molar-refractivity contribution in [3.8, 4) is 5.75 Å². The molecule has 1 aromatic rings. The molecule has 1 atom stereocenters. The second-order valence-corrected chi connectivity index (χ2v) is 6.17. The maximum absolute atomic E-state index is 11.8. The summed E-state index contributed by atoms with van der Waals surface area (Å²) in [6.45, 7) is 1.21. The predicted molar refractivity (Wildman–Crippen MR) is 69.8 cm³/mol. The Kier molecular flexibility index (Phi) is 4.65. The molecule has 0 spiro atoms. The van der Waals surface area contributed by atoms with Gasteiger partial charge in [0.1, 0.15) is 5.75 Å². The number of sulfonamides is 1. The molecule has 0 bridgehead atoms. The second kappa shape index (κ2) is 5.66. The average molecular weight is 307 g/mol. The van der Waals surface area contributed by atoms with Crippen LogP contribution in [0, 0.1) is 0 Å². The van der Waals surface area contributed by atoms with Gasteiger partial charge in [-0.05, 0) is 25.1 Å². The lowest BCUT2D eigenvalue weighted by atomic mass is 10.2. The number of aliphatic carboxylic acids is 1. The molecule has 0 radical (unpaired) electrons. The molecular formula is C11H13ClNO5S-. The molecule has 8 heteroatoms. The Balaban J connectivity index is 3.50. The summed E-state index contributed by atoms with van der Waals surface area (Å²) in [6.07, 6.45) is 0.896. The highest BCUT2D eigenvalue weighted by Gasteiger charge is 2.27. The fourth-order valence-electron chi connectivity index (χ4n) is 1.61. The van der Waals surface area contributed by atoms with E-state index >= 15 is 0 Å². The lowest BCUT2D eigenvalue weighted by Crippen LogP contribution is -2.49. The first-order valence-electron chi connectivity index (χ1n) is 5.22. The summed E-state index contributed by atoms with van der Waals surface area (Å²) in [4.78, 5) is 11.0. The molecule has 0 amide bonds. The van der Waals surface area contributed by atoms with Crippen LogP contribution in [0.2, 0.25) is 5.02 Å². The molecule has 0 aliphatic carbocycles. The first-order valence-corrected chi connectivity index (χ1v) is 7.45. The largest absolute Gasteiger partial charge is 0.548 e. The molecule has 0 unspecified atom stereocenters. The number of rotatable bonds is 5. The first kappa shape index (κ1) is 15.6. The number of nitrogens with zero attached hydrogens (tertiary/aromatic N) is 1. The zero-order chi connectivity index (χ0) is 14.8. The van der Waals surface area contributed by atoms with Crippen LogP contribution in [0.25, 0.3) is 0 Å². The summed E-state index contributed by atoms with van der Waals surface area (Å²) in [7, 11) is -2.49. The standard InChI is InChI=1S/C11H14ClNO5S/c1-7(11(14)15)13(19(3,16)17)9-6-8(12)4-5-10(9)18-2/h4-7H,1-3H3,(H,14,15)/p-1/t7-/m0/s1. The molecule has 106 valence electrons. The third kappa shape index (κ3) is 3.51. The molecule has 0 aliphatic rings. The third-order valence-corrected chi connectivity index (χ3v) is 3.89. The van der Waals surface area contributed by atoms with E-state index in [2.05, 4.69) is 0 Å². The fraction of sp³-hybridized carbons (Fsp3) is 0.364. The molecule has 0 heterocycles. The molecule has 0 saturated carbocycles. The maximum Gasteiger partial charge on any atom is 0.232 e. The number of carbonyl (C=O) groups excluding carboxylic acids is 1. The van der Waals surface area contributed by atoms with Crippen LogP contribution in [-0.2, 0) is 14.8 Å². The van der Waals surface area contributed by atoms with Crippen molar-refractivity contribution < 1.29 is 23.1 Å². The van der Waals surface area contributed by atoms with Gasteiger partial charge in [0.25, 0.3) is 0 Å². The Bertz CT molecular complexity index is 587. The first-order chi connectivity index (χ1) is 8.68. The van der Waals surface area contributed by atoms with Crippen molar-refractivity contribution in [1.29, 1.82) is 0 Å². The van der Waals surface area contributed by atoms with Gasteiger partial charge in [-0.2, -0.15) is 0 Å². The van der Waals surface area contributed by atoms with Crippen molar-refractivity contribution in [2.75, 3.05) is 17.7 Å². The predicted octanol–water partition coefficient (Wildman–Crippen LogP) is 0.253. The Morgan fingerprint density at radius 1 is 1.47 bits per heavy atom. The van der Waals surface area contributed by atoms with Gasteiger partial charge in [0.05, 0.1) is 31.1 Å². The monoisotopic (exact) mass is 306 g/mol. The van der Waals surface area contributed by atoms with Crippen molar-refractivity contribution >= 4 is 33.3 Å². The summed E-state index contributed by atoms with van der Waals surface area (Å²) in [6, 6.07) is 2.90. The van der Waals surface area contributed by atoms with Crippen molar-refractivity contribution in [1.82, 2.24) is 0 Å². The van der Waals surface area contributed by atoms with Crippen LogP contribution in [0.1, 0.15) is 6.92 Å². The number of hydrogen-bond donors (Lipinski definition) is 0. The highest BCUT2D eigenvalue weighted by molar-refractivity contribution is 7.92. The van der Waals surface area contributed by atoms with Crippen molar-refractivity contribution in [3.05, 3.63) is 23.2 Å². The normalized spacial score (nSPS) is 12.8. The molecule has 0 aromatic heterocycles. The highest BCUT2D eigenvalue weighted by atomic mass is 35.5. The number of methoxy groups -OCH3 is 1. The van der Waals surface area contributed by atoms with E-state index in [1.807, 2.05) is 0 Å². The zero-order valence-electron chi connectivity index (χ0n) is 10.6. The molecule has 0 N–H and O–H groups in total. The molecule has 0 saturated heterocycles. The fourth-order valence-corrected chi connectivity index (χ4v) is 2.93. The van der Waals surface area contributed by atoms with Gasteiger partial charge >= 0.3 is 0 Å². The van der Waals surface area contributed by atoms with E-state index in [9.17, 15) is 18.3 Å². The number of carboxylic acids is 1. The van der Waals surface area contributed by atoms with Crippen LogP contribution in [-0.4, -0.2) is 33.8 Å². The molecule has 0 aliphatic heterocycles. The van der Waals surface area contributed by atoms with Gasteiger partial charge in [0.15, 0.2) is 0 Å². The molecule has 1 rings (SSSR count). The van der Waals surface area contributed by atoms with E-state index in [0.717, 1.165) is 6.26 Å². The second-order valence-electron chi connectivity index (χ2n) is 3.87. The van der Waals surface area contributed by atoms with Gasteiger partial charge in [0, 0.05) is 5.02 Å². The van der Waals surface area contributed by atoms with Gasteiger partial charge in [-0.1, -0.05) is 11.6 Å². The number of halogens is 1.